The molecule has 20 heavy (non-hydrogen) atoms. The van der Waals surface area contributed by atoms with Crippen LogP contribution in [0.2, 0.25) is 0 Å². The van der Waals surface area contributed by atoms with E-state index in [1.807, 2.05) is 20.8 Å². The first-order chi connectivity index (χ1) is 8.99. The van der Waals surface area contributed by atoms with Gasteiger partial charge in [0.05, 0.1) is 11.6 Å². The van der Waals surface area contributed by atoms with Crippen LogP contribution < -0.4 is 5.32 Å². The third-order valence-electron chi connectivity index (χ3n) is 2.81. The Bertz CT molecular complexity index is 457. The van der Waals surface area contributed by atoms with Crippen LogP contribution in [0.3, 0.4) is 0 Å². The Kier molecular flexibility index (Phi) is 4.84. The summed E-state index contributed by atoms with van der Waals surface area (Å²) >= 11 is 0. The second kappa shape index (κ2) is 5.85. The molecule has 0 saturated carbocycles. The molecule has 1 amide bonds. The van der Waals surface area contributed by atoms with Crippen molar-refractivity contribution < 1.29 is 18.0 Å². The Balaban J connectivity index is 2.69. The number of nitrogens with one attached hydrogen (secondary N) is 1. The van der Waals surface area contributed by atoms with Crippen molar-refractivity contribution in [3.8, 4) is 0 Å². The highest BCUT2D eigenvalue weighted by molar-refractivity contribution is 5.77. The number of carbonyl (C=O) groups is 1. The quantitative estimate of drug-likeness (QED) is 0.881. The zero-order valence-corrected chi connectivity index (χ0v) is 12.1. The smallest absolute Gasteiger partial charge is 0.350 e. The highest BCUT2D eigenvalue weighted by Gasteiger charge is 2.30. The second-order valence-corrected chi connectivity index (χ2v) is 6.15. The molecule has 0 aliphatic heterocycles. The molecule has 0 aliphatic rings. The predicted molar refractivity (Wildman–Crippen MR) is 72.1 cm³/mol. The Labute approximate surface area is 117 Å². The number of carbonyl (C=O) groups excluding carboxylic acids is 1. The summed E-state index contributed by atoms with van der Waals surface area (Å²) in [5.41, 5.74) is -0.154. The lowest BCUT2D eigenvalue weighted by Crippen LogP contribution is -2.29. The SMILES string of the molecule is C[C@@H](NC(=O)CC(C)(C)C)c1ccc(C(F)(F)F)cc1. The van der Waals surface area contributed by atoms with E-state index in [0.717, 1.165) is 12.1 Å². The fourth-order valence-electron chi connectivity index (χ4n) is 1.82. The van der Waals surface area contributed by atoms with Crippen molar-refractivity contribution >= 4 is 5.91 Å². The van der Waals surface area contributed by atoms with Gasteiger partial charge in [0.25, 0.3) is 0 Å². The molecule has 1 rings (SSSR count). The van der Waals surface area contributed by atoms with Crippen LogP contribution >= 0.6 is 0 Å². The molecular formula is C15H20F3NO. The van der Waals surface area contributed by atoms with Crippen molar-refractivity contribution in [3.05, 3.63) is 35.4 Å². The second-order valence-electron chi connectivity index (χ2n) is 6.15. The number of benzene rings is 1. The van der Waals surface area contributed by atoms with Gasteiger partial charge in [-0.05, 0) is 30.0 Å². The van der Waals surface area contributed by atoms with Crippen molar-refractivity contribution in [2.75, 3.05) is 0 Å². The van der Waals surface area contributed by atoms with Gasteiger partial charge in [0.2, 0.25) is 5.91 Å². The summed E-state index contributed by atoms with van der Waals surface area (Å²) in [4.78, 5) is 11.8. The molecule has 0 saturated heterocycles. The highest BCUT2D eigenvalue weighted by Crippen LogP contribution is 2.30. The predicted octanol–water partition coefficient (Wildman–Crippen LogP) is 4.32. The van der Waals surface area contributed by atoms with E-state index >= 15 is 0 Å². The summed E-state index contributed by atoms with van der Waals surface area (Å²) in [7, 11) is 0. The van der Waals surface area contributed by atoms with Gasteiger partial charge in [-0.3, -0.25) is 4.79 Å². The maximum atomic E-state index is 12.4. The number of halogens is 3. The largest absolute Gasteiger partial charge is 0.416 e. The lowest BCUT2D eigenvalue weighted by molar-refractivity contribution is -0.137. The zero-order chi connectivity index (χ0) is 15.6. The molecule has 0 radical (unpaired) electrons. The van der Waals surface area contributed by atoms with Crippen LogP contribution in [-0.4, -0.2) is 5.91 Å². The molecule has 0 bridgehead atoms. The third-order valence-corrected chi connectivity index (χ3v) is 2.81. The van der Waals surface area contributed by atoms with Gasteiger partial charge in [-0.2, -0.15) is 13.2 Å². The molecule has 0 fully saturated rings. The van der Waals surface area contributed by atoms with E-state index in [9.17, 15) is 18.0 Å². The Morgan fingerprint density at radius 2 is 1.65 bits per heavy atom. The Morgan fingerprint density at radius 1 is 1.15 bits per heavy atom. The van der Waals surface area contributed by atoms with Crippen molar-refractivity contribution in [3.63, 3.8) is 0 Å². The summed E-state index contributed by atoms with van der Waals surface area (Å²) in [5.74, 6) is -0.107. The highest BCUT2D eigenvalue weighted by atomic mass is 19.4. The molecular weight excluding hydrogens is 267 g/mol. The molecule has 0 aliphatic carbocycles. The normalized spacial score (nSPS) is 13.9. The van der Waals surface area contributed by atoms with Gasteiger partial charge in [-0.15, -0.1) is 0 Å². The average molecular weight is 287 g/mol. The Morgan fingerprint density at radius 3 is 2.05 bits per heavy atom. The van der Waals surface area contributed by atoms with E-state index in [2.05, 4.69) is 5.32 Å². The number of hydrogen-bond donors (Lipinski definition) is 1. The van der Waals surface area contributed by atoms with Gasteiger partial charge < -0.3 is 5.32 Å². The van der Waals surface area contributed by atoms with E-state index in [1.165, 1.54) is 12.1 Å². The van der Waals surface area contributed by atoms with Crippen LogP contribution in [0.25, 0.3) is 0 Å². The fraction of sp³-hybridized carbons (Fsp3) is 0.533. The van der Waals surface area contributed by atoms with Gasteiger partial charge in [0.15, 0.2) is 0 Å². The van der Waals surface area contributed by atoms with Gasteiger partial charge in [-0.25, -0.2) is 0 Å². The number of hydrogen-bond acceptors (Lipinski definition) is 1. The average Bonchev–Trinajstić information content (AvgIpc) is 2.25. The molecule has 5 heteroatoms. The number of alkyl halides is 3. The summed E-state index contributed by atoms with van der Waals surface area (Å²) < 4.78 is 37.3. The van der Waals surface area contributed by atoms with Crippen molar-refractivity contribution in [1.82, 2.24) is 5.32 Å². The van der Waals surface area contributed by atoms with Gasteiger partial charge in [0.1, 0.15) is 0 Å². The van der Waals surface area contributed by atoms with Crippen LogP contribution in [0.4, 0.5) is 13.2 Å². The van der Waals surface area contributed by atoms with E-state index in [-0.39, 0.29) is 17.4 Å². The fourth-order valence-corrected chi connectivity index (χ4v) is 1.82. The summed E-state index contributed by atoms with van der Waals surface area (Å²) in [6, 6.07) is 4.53. The maximum absolute atomic E-state index is 12.4. The first-order valence-electron chi connectivity index (χ1n) is 6.45. The topological polar surface area (TPSA) is 29.1 Å². The van der Waals surface area contributed by atoms with Crippen LogP contribution in [0.5, 0.6) is 0 Å². The van der Waals surface area contributed by atoms with Crippen molar-refractivity contribution in [2.24, 2.45) is 5.41 Å². The summed E-state index contributed by atoms with van der Waals surface area (Å²) in [6.07, 6.45) is -3.96. The standard InChI is InChI=1S/C15H20F3NO/c1-10(19-13(20)9-14(2,3)4)11-5-7-12(8-6-11)15(16,17)18/h5-8,10H,9H2,1-4H3,(H,19,20)/t10-/m1/s1. The monoisotopic (exact) mass is 287 g/mol. The molecule has 1 aromatic rings. The van der Waals surface area contributed by atoms with Crippen LogP contribution in [-0.2, 0) is 11.0 Å². The number of rotatable bonds is 3. The lowest BCUT2D eigenvalue weighted by Gasteiger charge is -2.20. The minimum atomic E-state index is -4.34. The molecule has 112 valence electrons. The van der Waals surface area contributed by atoms with Crippen molar-refractivity contribution in [2.45, 2.75) is 46.3 Å². The molecule has 1 atom stereocenters. The molecule has 0 unspecified atom stereocenters. The van der Waals surface area contributed by atoms with E-state index < -0.39 is 11.7 Å². The molecule has 2 nitrogen and oxygen atoms in total. The van der Waals surface area contributed by atoms with Crippen LogP contribution in [0.1, 0.15) is 51.3 Å². The molecule has 1 N–H and O–H groups in total. The first-order valence-corrected chi connectivity index (χ1v) is 6.45. The van der Waals surface area contributed by atoms with Gasteiger partial charge in [0, 0.05) is 6.42 Å². The van der Waals surface area contributed by atoms with Crippen molar-refractivity contribution in [1.29, 1.82) is 0 Å². The zero-order valence-electron chi connectivity index (χ0n) is 12.1. The lowest BCUT2D eigenvalue weighted by atomic mass is 9.91. The van der Waals surface area contributed by atoms with Gasteiger partial charge >= 0.3 is 6.18 Å². The van der Waals surface area contributed by atoms with E-state index in [0.29, 0.717) is 12.0 Å². The maximum Gasteiger partial charge on any atom is 0.416 e. The number of amides is 1. The molecule has 0 spiro atoms. The summed E-state index contributed by atoms with van der Waals surface area (Å²) in [5, 5.41) is 2.79. The minimum absolute atomic E-state index is 0.107. The molecule has 0 aromatic heterocycles. The molecule has 1 aromatic carbocycles. The Hall–Kier alpha value is -1.52. The van der Waals surface area contributed by atoms with Gasteiger partial charge in [-0.1, -0.05) is 32.9 Å². The first kappa shape index (κ1) is 16.5. The van der Waals surface area contributed by atoms with E-state index in [4.69, 9.17) is 0 Å². The molecule has 0 heterocycles. The van der Waals surface area contributed by atoms with E-state index in [1.54, 1.807) is 6.92 Å². The minimum Gasteiger partial charge on any atom is -0.350 e. The third kappa shape index (κ3) is 5.23. The van der Waals surface area contributed by atoms with Crippen LogP contribution in [0, 0.1) is 5.41 Å². The summed E-state index contributed by atoms with van der Waals surface area (Å²) in [6.45, 7) is 7.61. The van der Waals surface area contributed by atoms with Crippen LogP contribution in [0.15, 0.2) is 24.3 Å².